The Hall–Kier alpha value is -3.00. The number of benzene rings is 2. The van der Waals surface area contributed by atoms with Gasteiger partial charge in [-0.1, -0.05) is 36.1 Å². The highest BCUT2D eigenvalue weighted by atomic mass is 31.2. The number of nitrogens with zero attached hydrogens (tertiary/aromatic N) is 2. The van der Waals surface area contributed by atoms with E-state index >= 15 is 0 Å². The van der Waals surface area contributed by atoms with E-state index in [-0.39, 0.29) is 18.8 Å². The highest BCUT2D eigenvalue weighted by molar-refractivity contribution is 7.46. The quantitative estimate of drug-likeness (QED) is 0.283. The molecular weight excluding hydrogens is 499 g/mol. The van der Waals surface area contributed by atoms with Crippen molar-refractivity contribution >= 4 is 7.82 Å². The number of phosphoric ester groups is 1. The average molecular weight is 528 g/mol. The van der Waals surface area contributed by atoms with Crippen molar-refractivity contribution in [2.45, 2.75) is 31.3 Å². The van der Waals surface area contributed by atoms with Crippen molar-refractivity contribution in [1.29, 1.82) is 0 Å². The van der Waals surface area contributed by atoms with E-state index in [0.29, 0.717) is 24.6 Å². The number of aromatic nitrogens is 2. The summed E-state index contributed by atoms with van der Waals surface area (Å²) in [6.45, 7) is 2.19. The van der Waals surface area contributed by atoms with E-state index in [4.69, 9.17) is 24.0 Å². The molecule has 0 saturated carbocycles. The lowest BCUT2D eigenvalue weighted by molar-refractivity contribution is 0.0326. The van der Waals surface area contributed by atoms with Gasteiger partial charge in [-0.3, -0.25) is 4.52 Å². The van der Waals surface area contributed by atoms with Crippen molar-refractivity contribution in [2.24, 2.45) is 0 Å². The Morgan fingerprint density at radius 1 is 1.11 bits per heavy atom. The molecule has 0 amide bonds. The van der Waals surface area contributed by atoms with Crippen LogP contribution in [0.4, 0.5) is 0 Å². The molecule has 1 aliphatic heterocycles. The first-order chi connectivity index (χ1) is 17.7. The predicted molar refractivity (Wildman–Crippen MR) is 135 cm³/mol. The van der Waals surface area contributed by atoms with Gasteiger partial charge < -0.3 is 33.7 Å². The number of ether oxygens (including phenoxy) is 3. The summed E-state index contributed by atoms with van der Waals surface area (Å²) in [6.07, 6.45) is 1.96. The van der Waals surface area contributed by atoms with E-state index in [2.05, 4.69) is 21.3 Å². The second-order valence-electron chi connectivity index (χ2n) is 8.51. The van der Waals surface area contributed by atoms with Gasteiger partial charge in [-0.25, -0.2) is 9.55 Å². The number of aliphatic hydroxyl groups excluding tert-OH is 1. The molecule has 3 aromatic rings. The van der Waals surface area contributed by atoms with E-state index in [1.54, 1.807) is 20.2 Å². The van der Waals surface area contributed by atoms with E-state index in [0.717, 1.165) is 16.9 Å². The van der Waals surface area contributed by atoms with Crippen LogP contribution < -0.4 is 4.74 Å². The molecule has 3 N–H and O–H groups in total. The number of phosphoric acid groups is 1. The molecule has 0 radical (unpaired) electrons. The SMILES string of the molecule is CO[C@H]1COC[C@@H]1Oc1ccc(-c2ccc(C#C[C@@H](COP(=O)(O)O)n3ccnc3[C@H](C)O)cc2)cc1. The molecule has 1 aromatic heterocycles. The van der Waals surface area contributed by atoms with Gasteiger partial charge >= 0.3 is 7.82 Å². The molecule has 0 bridgehead atoms. The Bertz CT molecular complexity index is 1270. The standard InChI is InChI=1S/C26H29N2O8P/c1-18(29)26-27-13-14-28(26)22(15-35-37(30,31)32)10-5-19-3-6-20(7-4-19)21-8-11-23(12-9-21)36-25-17-34-16-24(25)33-2/h3-4,6-9,11-14,18,22,24-25,29H,15-17H2,1-2H3,(H2,30,31,32)/t18-,22-,24-,25-/m0/s1. The van der Waals surface area contributed by atoms with E-state index in [9.17, 15) is 9.67 Å². The van der Waals surface area contributed by atoms with Gasteiger partial charge in [0.2, 0.25) is 0 Å². The Morgan fingerprint density at radius 2 is 1.76 bits per heavy atom. The molecule has 4 rings (SSSR count). The van der Waals surface area contributed by atoms with Crippen LogP contribution in [0.5, 0.6) is 5.75 Å². The molecule has 1 saturated heterocycles. The Kier molecular flexibility index (Phi) is 8.79. The fraction of sp³-hybridized carbons (Fsp3) is 0.346. The van der Waals surface area contributed by atoms with Crippen molar-refractivity contribution in [2.75, 3.05) is 26.9 Å². The van der Waals surface area contributed by atoms with E-state index < -0.39 is 20.0 Å². The number of methoxy groups -OCH3 is 1. The molecule has 11 heteroatoms. The summed E-state index contributed by atoms with van der Waals surface area (Å²) in [7, 11) is -3.05. The summed E-state index contributed by atoms with van der Waals surface area (Å²) in [5.41, 5.74) is 2.70. The van der Waals surface area contributed by atoms with Gasteiger partial charge in [0.1, 0.15) is 29.8 Å². The normalized spacial score (nSPS) is 19.2. The molecule has 1 aliphatic rings. The lowest BCUT2D eigenvalue weighted by Gasteiger charge is -2.18. The van der Waals surface area contributed by atoms with Crippen molar-refractivity contribution in [1.82, 2.24) is 9.55 Å². The van der Waals surface area contributed by atoms with Gasteiger partial charge in [0.25, 0.3) is 0 Å². The molecule has 196 valence electrons. The summed E-state index contributed by atoms with van der Waals surface area (Å²) in [5, 5.41) is 9.96. The minimum absolute atomic E-state index is 0.0799. The van der Waals surface area contributed by atoms with Crippen LogP contribution in [0.25, 0.3) is 11.1 Å². The maximum absolute atomic E-state index is 11.2. The maximum atomic E-state index is 11.2. The Morgan fingerprint density at radius 3 is 2.38 bits per heavy atom. The van der Waals surface area contributed by atoms with Crippen LogP contribution in [0.3, 0.4) is 0 Å². The van der Waals surface area contributed by atoms with Gasteiger partial charge in [-0.05, 0) is 42.3 Å². The van der Waals surface area contributed by atoms with E-state index in [1.807, 2.05) is 48.5 Å². The van der Waals surface area contributed by atoms with Crippen LogP contribution >= 0.6 is 7.82 Å². The number of aliphatic hydroxyl groups is 1. The number of hydrogen-bond acceptors (Lipinski definition) is 7. The molecule has 0 unspecified atom stereocenters. The third-order valence-corrected chi connectivity index (χ3v) is 6.32. The summed E-state index contributed by atoms with van der Waals surface area (Å²) in [4.78, 5) is 22.3. The number of rotatable bonds is 9. The van der Waals surface area contributed by atoms with Crippen LogP contribution in [0.1, 0.15) is 30.5 Å². The summed E-state index contributed by atoms with van der Waals surface area (Å²) < 4.78 is 34.3. The molecule has 1 fully saturated rings. The van der Waals surface area contributed by atoms with Crippen molar-refractivity contribution in [3.63, 3.8) is 0 Å². The summed E-state index contributed by atoms with van der Waals surface area (Å²) in [5.74, 6) is 7.04. The highest BCUT2D eigenvalue weighted by Crippen LogP contribution is 2.37. The zero-order valence-electron chi connectivity index (χ0n) is 20.4. The largest absolute Gasteiger partial charge is 0.485 e. The highest BCUT2D eigenvalue weighted by Gasteiger charge is 2.30. The first-order valence-corrected chi connectivity index (χ1v) is 13.2. The fourth-order valence-electron chi connectivity index (χ4n) is 3.93. The Balaban J connectivity index is 1.46. The van der Waals surface area contributed by atoms with E-state index in [1.165, 1.54) is 10.8 Å². The monoisotopic (exact) mass is 528 g/mol. The molecule has 10 nitrogen and oxygen atoms in total. The van der Waals surface area contributed by atoms with Crippen LogP contribution in [-0.2, 0) is 18.6 Å². The lowest BCUT2D eigenvalue weighted by Crippen LogP contribution is -2.31. The minimum Gasteiger partial charge on any atom is -0.485 e. The molecule has 0 aliphatic carbocycles. The van der Waals surface area contributed by atoms with Crippen molar-refractivity contribution in [3.8, 4) is 28.7 Å². The van der Waals surface area contributed by atoms with Crippen molar-refractivity contribution in [3.05, 3.63) is 72.3 Å². The third kappa shape index (κ3) is 7.28. The zero-order valence-corrected chi connectivity index (χ0v) is 21.3. The molecule has 0 spiro atoms. The van der Waals surface area contributed by atoms with Gasteiger partial charge in [-0.2, -0.15) is 0 Å². The smallest absolute Gasteiger partial charge is 0.469 e. The minimum atomic E-state index is -4.70. The summed E-state index contributed by atoms with van der Waals surface area (Å²) >= 11 is 0. The van der Waals surface area contributed by atoms with Crippen LogP contribution in [-0.4, -0.2) is 63.6 Å². The molecule has 2 heterocycles. The van der Waals surface area contributed by atoms with Crippen LogP contribution in [0.15, 0.2) is 60.9 Å². The number of imidazole rings is 1. The first kappa shape index (κ1) is 27.0. The number of hydrogen-bond donors (Lipinski definition) is 3. The van der Waals surface area contributed by atoms with Gasteiger partial charge in [0, 0.05) is 25.1 Å². The second-order valence-corrected chi connectivity index (χ2v) is 9.75. The maximum Gasteiger partial charge on any atom is 0.469 e. The fourth-order valence-corrected chi connectivity index (χ4v) is 4.26. The van der Waals surface area contributed by atoms with Crippen LogP contribution in [0.2, 0.25) is 0 Å². The summed E-state index contributed by atoms with van der Waals surface area (Å²) in [6, 6.07) is 14.6. The lowest BCUT2D eigenvalue weighted by atomic mass is 10.0. The first-order valence-electron chi connectivity index (χ1n) is 11.6. The van der Waals surface area contributed by atoms with Crippen molar-refractivity contribution < 1.29 is 38.2 Å². The molecule has 4 atom stereocenters. The molecular formula is C26H29N2O8P. The van der Waals surface area contributed by atoms with Gasteiger partial charge in [0.05, 0.1) is 19.8 Å². The second kappa shape index (κ2) is 12.0. The Labute approximate surface area is 215 Å². The molecule has 2 aromatic carbocycles. The predicted octanol–water partition coefficient (Wildman–Crippen LogP) is 3.10. The van der Waals surface area contributed by atoms with Gasteiger partial charge in [0.15, 0.2) is 6.10 Å². The third-order valence-electron chi connectivity index (χ3n) is 5.83. The topological polar surface area (TPSA) is 132 Å². The van der Waals surface area contributed by atoms with Gasteiger partial charge in [-0.15, -0.1) is 0 Å². The zero-order chi connectivity index (χ0) is 26.4. The molecule has 37 heavy (non-hydrogen) atoms. The van der Waals surface area contributed by atoms with Crippen LogP contribution in [0, 0.1) is 11.8 Å². The average Bonchev–Trinajstić information content (AvgIpc) is 3.54.